The van der Waals surface area contributed by atoms with Crippen LogP contribution in [0.5, 0.6) is 5.75 Å². The second-order valence-electron chi connectivity index (χ2n) is 4.18. The van der Waals surface area contributed by atoms with Crippen LogP contribution in [0.3, 0.4) is 0 Å². The van der Waals surface area contributed by atoms with Crippen molar-refractivity contribution in [1.82, 2.24) is 4.98 Å². The summed E-state index contributed by atoms with van der Waals surface area (Å²) in [4.78, 5) is 15.3. The van der Waals surface area contributed by atoms with Gasteiger partial charge in [0.15, 0.2) is 0 Å². The van der Waals surface area contributed by atoms with E-state index in [0.29, 0.717) is 18.8 Å². The molecule has 1 heterocycles. The van der Waals surface area contributed by atoms with Crippen LogP contribution < -0.4 is 4.74 Å². The molecule has 0 saturated heterocycles. The number of hydrogen-bond donors (Lipinski definition) is 1. The second kappa shape index (κ2) is 6.00. The monoisotopic (exact) mass is 257 g/mol. The van der Waals surface area contributed by atoms with Gasteiger partial charge in [0.2, 0.25) is 0 Å². The summed E-state index contributed by atoms with van der Waals surface area (Å²) < 4.78 is 5.61. The van der Waals surface area contributed by atoms with Crippen molar-refractivity contribution < 1.29 is 14.6 Å². The molecular formula is C15H15NO3. The summed E-state index contributed by atoms with van der Waals surface area (Å²) in [6, 6.07) is 10.8. The lowest BCUT2D eigenvalue weighted by Gasteiger charge is -2.11. The molecule has 0 atom stereocenters. The van der Waals surface area contributed by atoms with Crippen molar-refractivity contribution in [1.29, 1.82) is 0 Å². The molecule has 0 radical (unpaired) electrons. The van der Waals surface area contributed by atoms with Crippen LogP contribution in [0.1, 0.15) is 21.6 Å². The van der Waals surface area contributed by atoms with Gasteiger partial charge in [-0.3, -0.25) is 4.98 Å². The Morgan fingerprint density at radius 2 is 2.11 bits per heavy atom. The second-order valence-corrected chi connectivity index (χ2v) is 4.18. The summed E-state index contributed by atoms with van der Waals surface area (Å²) in [6.07, 6.45) is 2.38. The van der Waals surface area contributed by atoms with Crippen LogP contribution in [-0.4, -0.2) is 22.7 Å². The first-order valence-corrected chi connectivity index (χ1v) is 6.04. The first-order valence-electron chi connectivity index (χ1n) is 6.04. The van der Waals surface area contributed by atoms with Crippen molar-refractivity contribution >= 4 is 5.97 Å². The number of carbonyl (C=O) groups is 1. The predicted octanol–water partition coefficient (Wildman–Crippen LogP) is 2.71. The molecule has 1 N–H and O–H groups in total. The van der Waals surface area contributed by atoms with E-state index in [9.17, 15) is 4.79 Å². The minimum atomic E-state index is -0.975. The predicted molar refractivity (Wildman–Crippen MR) is 71.6 cm³/mol. The Labute approximate surface area is 111 Å². The Morgan fingerprint density at radius 3 is 2.79 bits per heavy atom. The molecule has 0 unspecified atom stereocenters. The van der Waals surface area contributed by atoms with Crippen LogP contribution >= 0.6 is 0 Å². The molecule has 4 nitrogen and oxygen atoms in total. The third kappa shape index (κ3) is 3.31. The summed E-state index contributed by atoms with van der Waals surface area (Å²) in [5.41, 5.74) is 1.94. The maximum Gasteiger partial charge on any atom is 0.339 e. The van der Waals surface area contributed by atoms with E-state index in [1.165, 1.54) is 0 Å². The maximum absolute atomic E-state index is 11.1. The first-order chi connectivity index (χ1) is 9.18. The molecule has 4 heteroatoms. The molecule has 0 aliphatic rings. The van der Waals surface area contributed by atoms with E-state index < -0.39 is 5.97 Å². The number of para-hydroxylation sites is 1. The topological polar surface area (TPSA) is 59.4 Å². The van der Waals surface area contributed by atoms with Gasteiger partial charge in [-0.2, -0.15) is 0 Å². The number of rotatable bonds is 5. The lowest BCUT2D eigenvalue weighted by Crippen LogP contribution is -2.08. The molecule has 0 saturated carbocycles. The molecule has 98 valence electrons. The third-order valence-electron chi connectivity index (χ3n) is 2.77. The zero-order valence-corrected chi connectivity index (χ0v) is 10.7. The van der Waals surface area contributed by atoms with Crippen LogP contribution in [0.25, 0.3) is 0 Å². The highest BCUT2D eigenvalue weighted by Crippen LogP contribution is 2.23. The summed E-state index contributed by atoms with van der Waals surface area (Å²) in [5, 5.41) is 9.11. The summed E-state index contributed by atoms with van der Waals surface area (Å²) in [7, 11) is 0. The highest BCUT2D eigenvalue weighted by molar-refractivity contribution is 5.91. The SMILES string of the molecule is Cc1cccc(C(=O)O)c1OCCc1ccccn1. The zero-order valence-electron chi connectivity index (χ0n) is 10.7. The number of aryl methyl sites for hydroxylation is 1. The lowest BCUT2D eigenvalue weighted by atomic mass is 10.1. The van der Waals surface area contributed by atoms with E-state index >= 15 is 0 Å². The number of hydrogen-bond acceptors (Lipinski definition) is 3. The fourth-order valence-corrected chi connectivity index (χ4v) is 1.82. The Balaban J connectivity index is 2.05. The fourth-order valence-electron chi connectivity index (χ4n) is 1.82. The Morgan fingerprint density at radius 1 is 1.26 bits per heavy atom. The average molecular weight is 257 g/mol. The van der Waals surface area contributed by atoms with Gasteiger partial charge in [-0.05, 0) is 30.7 Å². The van der Waals surface area contributed by atoms with Gasteiger partial charge in [0.05, 0.1) is 6.61 Å². The molecule has 0 bridgehead atoms. The van der Waals surface area contributed by atoms with E-state index in [2.05, 4.69) is 4.98 Å². The van der Waals surface area contributed by atoms with Gasteiger partial charge in [0.25, 0.3) is 0 Å². The molecule has 0 aliphatic carbocycles. The van der Waals surface area contributed by atoms with Gasteiger partial charge in [-0.1, -0.05) is 18.2 Å². The number of aromatic nitrogens is 1. The molecular weight excluding hydrogens is 242 g/mol. The molecule has 19 heavy (non-hydrogen) atoms. The maximum atomic E-state index is 11.1. The fraction of sp³-hybridized carbons (Fsp3) is 0.200. The van der Waals surface area contributed by atoms with Crippen LogP contribution in [0.2, 0.25) is 0 Å². The quantitative estimate of drug-likeness (QED) is 0.894. The number of carboxylic acid groups (broad SMARTS) is 1. The van der Waals surface area contributed by atoms with Gasteiger partial charge < -0.3 is 9.84 Å². The molecule has 0 spiro atoms. The number of aromatic carboxylic acids is 1. The number of ether oxygens (including phenoxy) is 1. The zero-order chi connectivity index (χ0) is 13.7. The van der Waals surface area contributed by atoms with Gasteiger partial charge in [0.1, 0.15) is 11.3 Å². The van der Waals surface area contributed by atoms with Gasteiger partial charge in [-0.25, -0.2) is 4.79 Å². The molecule has 0 fully saturated rings. The van der Waals surface area contributed by atoms with E-state index in [1.54, 1.807) is 18.3 Å². The Bertz CT molecular complexity index is 567. The van der Waals surface area contributed by atoms with Gasteiger partial charge >= 0.3 is 5.97 Å². The van der Waals surface area contributed by atoms with Gasteiger partial charge in [0, 0.05) is 18.3 Å². The van der Waals surface area contributed by atoms with E-state index in [4.69, 9.17) is 9.84 Å². The normalized spacial score (nSPS) is 10.2. The number of pyridine rings is 1. The molecule has 2 rings (SSSR count). The highest BCUT2D eigenvalue weighted by Gasteiger charge is 2.13. The molecule has 2 aromatic rings. The van der Waals surface area contributed by atoms with Crippen molar-refractivity contribution in [2.75, 3.05) is 6.61 Å². The highest BCUT2D eigenvalue weighted by atomic mass is 16.5. The molecule has 0 aliphatic heterocycles. The Hall–Kier alpha value is -2.36. The summed E-state index contributed by atoms with van der Waals surface area (Å²) >= 11 is 0. The van der Waals surface area contributed by atoms with Crippen molar-refractivity contribution in [3.8, 4) is 5.75 Å². The van der Waals surface area contributed by atoms with E-state index in [1.807, 2.05) is 31.2 Å². The number of benzene rings is 1. The minimum absolute atomic E-state index is 0.195. The van der Waals surface area contributed by atoms with Crippen molar-refractivity contribution in [3.63, 3.8) is 0 Å². The van der Waals surface area contributed by atoms with Crippen molar-refractivity contribution in [2.24, 2.45) is 0 Å². The standard InChI is InChI=1S/C15H15NO3/c1-11-5-4-7-13(15(17)18)14(11)19-10-8-12-6-2-3-9-16-12/h2-7,9H,8,10H2,1H3,(H,17,18). The van der Waals surface area contributed by atoms with E-state index in [-0.39, 0.29) is 5.56 Å². The summed E-state index contributed by atoms with van der Waals surface area (Å²) in [5.74, 6) is -0.539. The largest absolute Gasteiger partial charge is 0.492 e. The molecule has 1 aromatic heterocycles. The van der Waals surface area contributed by atoms with Crippen LogP contribution in [-0.2, 0) is 6.42 Å². The number of carboxylic acids is 1. The van der Waals surface area contributed by atoms with Gasteiger partial charge in [-0.15, -0.1) is 0 Å². The third-order valence-corrected chi connectivity index (χ3v) is 2.77. The van der Waals surface area contributed by atoms with Crippen LogP contribution in [0, 0.1) is 6.92 Å². The first kappa shape index (κ1) is 13.1. The summed E-state index contributed by atoms with van der Waals surface area (Å²) in [6.45, 7) is 2.24. The molecule has 1 aromatic carbocycles. The van der Waals surface area contributed by atoms with Crippen molar-refractivity contribution in [2.45, 2.75) is 13.3 Å². The van der Waals surface area contributed by atoms with E-state index in [0.717, 1.165) is 11.3 Å². The minimum Gasteiger partial charge on any atom is -0.492 e. The molecule has 0 amide bonds. The van der Waals surface area contributed by atoms with Crippen LogP contribution in [0.15, 0.2) is 42.6 Å². The lowest BCUT2D eigenvalue weighted by molar-refractivity contribution is 0.0692. The average Bonchev–Trinajstić information content (AvgIpc) is 2.41. The van der Waals surface area contributed by atoms with Crippen LogP contribution in [0.4, 0.5) is 0 Å². The smallest absolute Gasteiger partial charge is 0.339 e. The number of nitrogens with zero attached hydrogens (tertiary/aromatic N) is 1. The Kier molecular flexibility index (Phi) is 4.13. The van der Waals surface area contributed by atoms with Crippen molar-refractivity contribution in [3.05, 3.63) is 59.4 Å².